The monoisotopic (exact) mass is 531 g/mol. The molecule has 2 atom stereocenters. The molecule has 0 saturated heterocycles. The second kappa shape index (κ2) is 11.1. The molecule has 1 aliphatic heterocycles. The van der Waals surface area contributed by atoms with Gasteiger partial charge in [0.15, 0.2) is 6.10 Å². The number of esters is 1. The molecule has 3 rings (SSSR count). The highest BCUT2D eigenvalue weighted by Gasteiger charge is 2.32. The molecule has 1 heterocycles. The van der Waals surface area contributed by atoms with Gasteiger partial charge < -0.3 is 30.2 Å². The van der Waals surface area contributed by atoms with E-state index in [2.05, 4.69) is 31.9 Å². The lowest BCUT2D eigenvalue weighted by Gasteiger charge is -2.29. The van der Waals surface area contributed by atoms with Crippen molar-refractivity contribution in [1.29, 1.82) is 0 Å². The number of carbonyl (C=O) groups is 3. The maximum Gasteiger partial charge on any atom is 0.347 e. The van der Waals surface area contributed by atoms with Crippen LogP contribution in [0.3, 0.4) is 0 Å². The standard InChI is InChI=1S/C24H26BrN3O6/c1-5-33-23(30)14(3)34-19-11-6-15(12-18(19)25)21-20(13(2)26-24(31)28-21)22(29)27-16-7-9-17(32-4)10-8-16/h6-12,14,21H,5H2,1-4H3,(H,27,29)(H2,26,28,31)/t14-,21-/m0/s1. The molecule has 10 heteroatoms. The highest BCUT2D eigenvalue weighted by Crippen LogP contribution is 2.34. The number of urea groups is 1. The maximum atomic E-state index is 13.2. The van der Waals surface area contributed by atoms with E-state index in [0.29, 0.717) is 38.5 Å². The van der Waals surface area contributed by atoms with E-state index in [4.69, 9.17) is 14.2 Å². The number of halogens is 1. The topological polar surface area (TPSA) is 115 Å². The summed E-state index contributed by atoms with van der Waals surface area (Å²) in [4.78, 5) is 37.3. The van der Waals surface area contributed by atoms with E-state index in [1.165, 1.54) is 0 Å². The van der Waals surface area contributed by atoms with E-state index in [9.17, 15) is 14.4 Å². The van der Waals surface area contributed by atoms with E-state index >= 15 is 0 Å². The van der Waals surface area contributed by atoms with Crippen LogP contribution in [0, 0.1) is 0 Å². The van der Waals surface area contributed by atoms with Crippen LogP contribution in [0.4, 0.5) is 10.5 Å². The lowest BCUT2D eigenvalue weighted by molar-refractivity contribution is -0.150. The van der Waals surface area contributed by atoms with Crippen molar-refractivity contribution >= 4 is 39.5 Å². The number of methoxy groups -OCH3 is 1. The average molecular weight is 532 g/mol. The van der Waals surface area contributed by atoms with Gasteiger partial charge in [0.25, 0.3) is 5.91 Å². The second-order valence-electron chi connectivity index (χ2n) is 7.45. The lowest BCUT2D eigenvalue weighted by atomic mass is 9.94. The molecule has 0 aromatic heterocycles. The summed E-state index contributed by atoms with van der Waals surface area (Å²) >= 11 is 3.45. The first kappa shape index (κ1) is 25.1. The molecule has 0 fully saturated rings. The first-order valence-corrected chi connectivity index (χ1v) is 11.4. The molecule has 0 aliphatic carbocycles. The zero-order chi connectivity index (χ0) is 24.8. The van der Waals surface area contributed by atoms with Crippen LogP contribution in [0.15, 0.2) is 58.2 Å². The van der Waals surface area contributed by atoms with Crippen molar-refractivity contribution in [3.8, 4) is 11.5 Å². The van der Waals surface area contributed by atoms with Gasteiger partial charge in [0, 0.05) is 11.4 Å². The fourth-order valence-electron chi connectivity index (χ4n) is 3.41. The first-order chi connectivity index (χ1) is 16.2. The fraction of sp³-hybridized carbons (Fsp3) is 0.292. The van der Waals surface area contributed by atoms with E-state index in [0.717, 1.165) is 0 Å². The van der Waals surface area contributed by atoms with E-state index < -0.39 is 24.1 Å². The average Bonchev–Trinajstić information content (AvgIpc) is 2.80. The number of allylic oxidation sites excluding steroid dienone is 1. The SMILES string of the molecule is CCOC(=O)[C@H](C)Oc1ccc([C@@H]2NC(=O)NC(C)=C2C(=O)Nc2ccc(OC)cc2)cc1Br. The Labute approximate surface area is 206 Å². The van der Waals surface area contributed by atoms with Gasteiger partial charge in [0.05, 0.1) is 29.8 Å². The summed E-state index contributed by atoms with van der Waals surface area (Å²) in [5.74, 6) is 0.254. The Bertz CT molecular complexity index is 1120. The van der Waals surface area contributed by atoms with Crippen molar-refractivity contribution in [3.05, 3.63) is 63.8 Å². The molecule has 1 aliphatic rings. The Morgan fingerprint density at radius 3 is 2.50 bits per heavy atom. The van der Waals surface area contributed by atoms with Crippen molar-refractivity contribution in [1.82, 2.24) is 10.6 Å². The number of rotatable bonds is 8. The van der Waals surface area contributed by atoms with Gasteiger partial charge in [-0.15, -0.1) is 0 Å². The number of ether oxygens (including phenoxy) is 3. The number of hydrogen-bond donors (Lipinski definition) is 3. The van der Waals surface area contributed by atoms with E-state index in [1.54, 1.807) is 70.3 Å². The lowest BCUT2D eigenvalue weighted by Crippen LogP contribution is -2.46. The molecule has 0 spiro atoms. The second-order valence-corrected chi connectivity index (χ2v) is 8.31. The Balaban J connectivity index is 1.85. The molecule has 0 unspecified atom stereocenters. The van der Waals surface area contributed by atoms with Crippen LogP contribution in [0.2, 0.25) is 0 Å². The number of amides is 3. The van der Waals surface area contributed by atoms with E-state index in [1.807, 2.05) is 0 Å². The van der Waals surface area contributed by atoms with Crippen LogP contribution in [-0.4, -0.2) is 37.7 Å². The molecule has 0 bridgehead atoms. The van der Waals surface area contributed by atoms with Crippen LogP contribution in [0.25, 0.3) is 0 Å². The Hall–Kier alpha value is -3.53. The minimum Gasteiger partial charge on any atom is -0.497 e. The number of hydrogen-bond acceptors (Lipinski definition) is 6. The van der Waals surface area contributed by atoms with Crippen LogP contribution < -0.4 is 25.4 Å². The zero-order valence-corrected chi connectivity index (χ0v) is 20.8. The summed E-state index contributed by atoms with van der Waals surface area (Å²) in [5.41, 5.74) is 2.03. The highest BCUT2D eigenvalue weighted by atomic mass is 79.9. The van der Waals surface area contributed by atoms with Gasteiger partial charge >= 0.3 is 12.0 Å². The van der Waals surface area contributed by atoms with Gasteiger partial charge in [0.2, 0.25) is 0 Å². The summed E-state index contributed by atoms with van der Waals surface area (Å²) in [6.45, 7) is 5.25. The summed E-state index contributed by atoms with van der Waals surface area (Å²) in [7, 11) is 1.56. The fourth-order valence-corrected chi connectivity index (χ4v) is 3.90. The predicted octanol–water partition coefficient (Wildman–Crippen LogP) is 4.05. The van der Waals surface area contributed by atoms with Crippen molar-refractivity contribution in [2.45, 2.75) is 32.9 Å². The third-order valence-corrected chi connectivity index (χ3v) is 5.69. The minimum absolute atomic E-state index is 0.259. The van der Waals surface area contributed by atoms with Gasteiger partial charge in [-0.25, -0.2) is 9.59 Å². The first-order valence-electron chi connectivity index (χ1n) is 10.6. The molecule has 3 amide bonds. The third-order valence-electron chi connectivity index (χ3n) is 5.07. The summed E-state index contributed by atoms with van der Waals surface area (Å²) in [6.07, 6.45) is -0.798. The molecule has 34 heavy (non-hydrogen) atoms. The molecule has 0 saturated carbocycles. The highest BCUT2D eigenvalue weighted by molar-refractivity contribution is 9.10. The van der Waals surface area contributed by atoms with Crippen molar-refractivity contribution in [3.63, 3.8) is 0 Å². The summed E-state index contributed by atoms with van der Waals surface area (Å²) in [5, 5.41) is 8.30. The number of carbonyl (C=O) groups excluding carboxylic acids is 3. The predicted molar refractivity (Wildman–Crippen MR) is 130 cm³/mol. The van der Waals surface area contributed by atoms with E-state index in [-0.39, 0.29) is 12.5 Å². The number of anilines is 1. The van der Waals surface area contributed by atoms with Gasteiger partial charge in [-0.05, 0) is 78.7 Å². The summed E-state index contributed by atoms with van der Waals surface area (Å²) < 4.78 is 16.4. The maximum absolute atomic E-state index is 13.2. The summed E-state index contributed by atoms with van der Waals surface area (Å²) in [6, 6.07) is 10.9. The van der Waals surface area contributed by atoms with Gasteiger partial charge in [-0.2, -0.15) is 0 Å². The number of nitrogens with one attached hydrogen (secondary N) is 3. The normalized spacial score (nSPS) is 16.1. The zero-order valence-electron chi connectivity index (χ0n) is 19.2. The Morgan fingerprint density at radius 1 is 1.18 bits per heavy atom. The molecular weight excluding hydrogens is 506 g/mol. The van der Waals surface area contributed by atoms with Crippen molar-refractivity contribution in [2.24, 2.45) is 0 Å². The molecule has 0 radical (unpaired) electrons. The smallest absolute Gasteiger partial charge is 0.347 e. The number of benzene rings is 2. The largest absolute Gasteiger partial charge is 0.497 e. The van der Waals surface area contributed by atoms with Crippen LogP contribution >= 0.6 is 15.9 Å². The molecular formula is C24H26BrN3O6. The molecule has 2 aromatic carbocycles. The third kappa shape index (κ3) is 5.88. The molecule has 180 valence electrons. The van der Waals surface area contributed by atoms with Crippen LogP contribution in [0.1, 0.15) is 32.4 Å². The quantitative estimate of drug-likeness (QED) is 0.442. The Kier molecular flexibility index (Phi) is 8.17. The molecule has 9 nitrogen and oxygen atoms in total. The molecule has 3 N–H and O–H groups in total. The Morgan fingerprint density at radius 2 is 1.88 bits per heavy atom. The minimum atomic E-state index is -0.798. The van der Waals surface area contributed by atoms with Gasteiger partial charge in [-0.1, -0.05) is 6.07 Å². The molecule has 2 aromatic rings. The van der Waals surface area contributed by atoms with Crippen molar-refractivity contribution < 1.29 is 28.6 Å². The van der Waals surface area contributed by atoms with Gasteiger partial charge in [-0.3, -0.25) is 4.79 Å². The van der Waals surface area contributed by atoms with Gasteiger partial charge in [0.1, 0.15) is 11.5 Å². The van der Waals surface area contributed by atoms with Crippen LogP contribution in [-0.2, 0) is 14.3 Å². The van der Waals surface area contributed by atoms with Crippen molar-refractivity contribution in [2.75, 3.05) is 19.0 Å². The van der Waals surface area contributed by atoms with Crippen LogP contribution in [0.5, 0.6) is 11.5 Å².